The Balaban J connectivity index is 1.30. The van der Waals surface area contributed by atoms with Crippen molar-refractivity contribution in [3.63, 3.8) is 0 Å². The lowest BCUT2D eigenvalue weighted by atomic mass is 10.2. The van der Waals surface area contributed by atoms with Gasteiger partial charge in [-0.2, -0.15) is 5.10 Å². The molecule has 5 rings (SSSR count). The third kappa shape index (κ3) is 2.69. The predicted octanol–water partition coefficient (Wildman–Crippen LogP) is 2.29. The second-order valence-corrected chi connectivity index (χ2v) is 6.88. The summed E-state index contributed by atoms with van der Waals surface area (Å²) in [5, 5.41) is 5.27. The summed E-state index contributed by atoms with van der Waals surface area (Å²) < 4.78 is 7.86. The highest BCUT2D eigenvalue weighted by atomic mass is 16.5. The minimum atomic E-state index is 0.126. The Bertz CT molecular complexity index is 902. The maximum atomic E-state index is 6.08. The van der Waals surface area contributed by atoms with Crippen LogP contribution in [0.3, 0.4) is 0 Å². The SMILES string of the molecule is Cn1ncc2c(N3CCC(Oc4ccc(C5CC5)cn4)C3)ncnc21. The Labute approximate surface area is 145 Å². The quantitative estimate of drug-likeness (QED) is 0.728. The highest BCUT2D eigenvalue weighted by Gasteiger charge is 2.28. The highest BCUT2D eigenvalue weighted by Crippen LogP contribution is 2.40. The van der Waals surface area contributed by atoms with E-state index in [1.165, 1.54) is 18.4 Å². The molecule has 3 aromatic rings. The van der Waals surface area contributed by atoms with E-state index in [4.69, 9.17) is 4.74 Å². The van der Waals surface area contributed by atoms with Gasteiger partial charge in [0.2, 0.25) is 5.88 Å². The molecule has 0 amide bonds. The number of anilines is 1. The van der Waals surface area contributed by atoms with Crippen LogP contribution in [0.4, 0.5) is 5.82 Å². The molecule has 7 heteroatoms. The van der Waals surface area contributed by atoms with Crippen molar-refractivity contribution in [2.45, 2.75) is 31.3 Å². The van der Waals surface area contributed by atoms with Gasteiger partial charge in [-0.15, -0.1) is 0 Å². The summed E-state index contributed by atoms with van der Waals surface area (Å²) in [7, 11) is 1.89. The Hall–Kier alpha value is -2.70. The van der Waals surface area contributed by atoms with E-state index in [9.17, 15) is 0 Å². The first kappa shape index (κ1) is 14.6. The molecule has 0 spiro atoms. The van der Waals surface area contributed by atoms with Gasteiger partial charge in [0.05, 0.1) is 18.1 Å². The molecule has 1 unspecified atom stereocenters. The normalized spacial score (nSPS) is 20.4. The maximum absolute atomic E-state index is 6.08. The molecule has 4 heterocycles. The molecule has 0 N–H and O–H groups in total. The number of rotatable bonds is 4. The summed E-state index contributed by atoms with van der Waals surface area (Å²) in [5.74, 6) is 2.37. The van der Waals surface area contributed by atoms with E-state index in [1.807, 2.05) is 25.5 Å². The monoisotopic (exact) mass is 336 g/mol. The molecular weight excluding hydrogens is 316 g/mol. The Morgan fingerprint density at radius 1 is 1.08 bits per heavy atom. The average Bonchev–Trinajstić information content (AvgIpc) is 3.28. The smallest absolute Gasteiger partial charge is 0.213 e. The number of nitrogens with zero attached hydrogens (tertiary/aromatic N) is 6. The van der Waals surface area contributed by atoms with Crippen molar-refractivity contribution >= 4 is 16.9 Å². The van der Waals surface area contributed by atoms with Gasteiger partial charge in [-0.25, -0.2) is 15.0 Å². The predicted molar refractivity (Wildman–Crippen MR) is 93.8 cm³/mol. The number of hydrogen-bond acceptors (Lipinski definition) is 6. The van der Waals surface area contributed by atoms with Crippen molar-refractivity contribution < 1.29 is 4.74 Å². The van der Waals surface area contributed by atoms with Gasteiger partial charge in [0.15, 0.2) is 5.65 Å². The lowest BCUT2D eigenvalue weighted by Crippen LogP contribution is -2.25. The summed E-state index contributed by atoms with van der Waals surface area (Å²) in [5.41, 5.74) is 2.19. The fourth-order valence-corrected chi connectivity index (χ4v) is 3.51. The van der Waals surface area contributed by atoms with Gasteiger partial charge < -0.3 is 9.64 Å². The lowest BCUT2D eigenvalue weighted by molar-refractivity contribution is 0.216. The number of fused-ring (bicyclic) bond motifs is 1. The van der Waals surface area contributed by atoms with Crippen LogP contribution in [-0.4, -0.2) is 43.9 Å². The van der Waals surface area contributed by atoms with Crippen molar-refractivity contribution in [3.8, 4) is 5.88 Å². The molecule has 1 aliphatic carbocycles. The van der Waals surface area contributed by atoms with Crippen LogP contribution in [0.5, 0.6) is 5.88 Å². The zero-order valence-electron chi connectivity index (χ0n) is 14.2. The first-order chi connectivity index (χ1) is 12.3. The average molecular weight is 336 g/mol. The lowest BCUT2D eigenvalue weighted by Gasteiger charge is -2.18. The number of aromatic nitrogens is 5. The van der Waals surface area contributed by atoms with E-state index in [-0.39, 0.29) is 6.10 Å². The molecule has 0 aromatic carbocycles. The highest BCUT2D eigenvalue weighted by molar-refractivity contribution is 5.86. The Kier molecular flexibility index (Phi) is 3.33. The van der Waals surface area contributed by atoms with E-state index in [2.05, 4.69) is 31.0 Å². The van der Waals surface area contributed by atoms with Gasteiger partial charge >= 0.3 is 0 Å². The third-order valence-corrected chi connectivity index (χ3v) is 5.05. The zero-order valence-corrected chi connectivity index (χ0v) is 14.2. The standard InChI is InChI=1S/C18H20N6O/c1-23-17-15(9-22-23)18(21-11-20-17)24-7-6-14(10-24)25-16-5-4-13(8-19-16)12-2-3-12/h4-5,8-9,11-12,14H,2-3,6-7,10H2,1H3. The van der Waals surface area contributed by atoms with Crippen LogP contribution < -0.4 is 9.64 Å². The van der Waals surface area contributed by atoms with Crippen LogP contribution in [0.2, 0.25) is 0 Å². The topological polar surface area (TPSA) is 69.0 Å². The number of aryl methyl sites for hydroxylation is 1. The second-order valence-electron chi connectivity index (χ2n) is 6.88. The van der Waals surface area contributed by atoms with E-state index in [0.717, 1.165) is 42.3 Å². The largest absolute Gasteiger partial charge is 0.472 e. The Morgan fingerprint density at radius 3 is 2.80 bits per heavy atom. The molecule has 1 aliphatic heterocycles. The van der Waals surface area contributed by atoms with Crippen molar-refractivity contribution in [2.24, 2.45) is 7.05 Å². The van der Waals surface area contributed by atoms with Crippen LogP contribution in [0, 0.1) is 0 Å². The van der Waals surface area contributed by atoms with E-state index < -0.39 is 0 Å². The molecule has 2 fully saturated rings. The van der Waals surface area contributed by atoms with E-state index in [0.29, 0.717) is 5.88 Å². The van der Waals surface area contributed by atoms with Gasteiger partial charge in [-0.3, -0.25) is 4.68 Å². The van der Waals surface area contributed by atoms with Crippen LogP contribution in [-0.2, 0) is 7.05 Å². The Morgan fingerprint density at radius 2 is 2.00 bits per heavy atom. The van der Waals surface area contributed by atoms with Crippen molar-refractivity contribution in [1.29, 1.82) is 0 Å². The van der Waals surface area contributed by atoms with E-state index >= 15 is 0 Å². The molecule has 25 heavy (non-hydrogen) atoms. The minimum Gasteiger partial charge on any atom is -0.472 e. The van der Waals surface area contributed by atoms with Crippen LogP contribution in [0.15, 0.2) is 30.9 Å². The fourth-order valence-electron chi connectivity index (χ4n) is 3.51. The van der Waals surface area contributed by atoms with Crippen molar-refractivity contribution in [2.75, 3.05) is 18.0 Å². The summed E-state index contributed by atoms with van der Waals surface area (Å²) in [6.45, 7) is 1.71. The molecule has 0 bridgehead atoms. The fraction of sp³-hybridized carbons (Fsp3) is 0.444. The van der Waals surface area contributed by atoms with Gasteiger partial charge in [0.1, 0.15) is 18.2 Å². The van der Waals surface area contributed by atoms with Crippen LogP contribution in [0.25, 0.3) is 11.0 Å². The molecular formula is C18H20N6O. The minimum absolute atomic E-state index is 0.126. The number of hydrogen-bond donors (Lipinski definition) is 0. The van der Waals surface area contributed by atoms with Crippen molar-refractivity contribution in [3.05, 3.63) is 36.4 Å². The summed E-state index contributed by atoms with van der Waals surface area (Å²) in [4.78, 5) is 15.5. The van der Waals surface area contributed by atoms with Gasteiger partial charge in [-0.1, -0.05) is 6.07 Å². The molecule has 1 saturated carbocycles. The van der Waals surface area contributed by atoms with Crippen molar-refractivity contribution in [1.82, 2.24) is 24.7 Å². The number of ether oxygens (including phenoxy) is 1. The van der Waals surface area contributed by atoms with Gasteiger partial charge in [0, 0.05) is 32.3 Å². The molecule has 1 saturated heterocycles. The van der Waals surface area contributed by atoms with Gasteiger partial charge in [-0.05, 0) is 24.3 Å². The van der Waals surface area contributed by atoms with Gasteiger partial charge in [0.25, 0.3) is 0 Å². The van der Waals surface area contributed by atoms with Crippen LogP contribution >= 0.6 is 0 Å². The molecule has 3 aromatic heterocycles. The first-order valence-electron chi connectivity index (χ1n) is 8.78. The number of pyridine rings is 1. The molecule has 1 atom stereocenters. The summed E-state index contributed by atoms with van der Waals surface area (Å²) in [6.07, 6.45) is 9.06. The molecule has 7 nitrogen and oxygen atoms in total. The molecule has 0 radical (unpaired) electrons. The molecule has 2 aliphatic rings. The molecule has 128 valence electrons. The maximum Gasteiger partial charge on any atom is 0.213 e. The zero-order chi connectivity index (χ0) is 16.8. The van der Waals surface area contributed by atoms with E-state index in [1.54, 1.807) is 11.0 Å². The third-order valence-electron chi connectivity index (χ3n) is 5.05. The second kappa shape index (κ2) is 5.68. The first-order valence-corrected chi connectivity index (χ1v) is 8.78. The summed E-state index contributed by atoms with van der Waals surface area (Å²) >= 11 is 0. The summed E-state index contributed by atoms with van der Waals surface area (Å²) in [6, 6.07) is 4.15. The van der Waals surface area contributed by atoms with Crippen LogP contribution in [0.1, 0.15) is 30.7 Å².